The van der Waals surface area contributed by atoms with Crippen LogP contribution in [0.15, 0.2) is 24.3 Å². The average molecular weight is 283 g/mol. The normalized spacial score (nSPS) is 41.5. The topological polar surface area (TPSA) is 26.0 Å². The Labute approximate surface area is 129 Å². The Balaban J connectivity index is 1.82. The highest BCUT2D eigenvalue weighted by Gasteiger charge is 2.61. The zero-order chi connectivity index (χ0) is 14.8. The van der Waals surface area contributed by atoms with Crippen LogP contribution in [0.1, 0.15) is 63.0 Å². The lowest BCUT2D eigenvalue weighted by atomic mass is 9.40. The Kier molecular flexibility index (Phi) is 2.86. The molecule has 0 amide bonds. The van der Waals surface area contributed by atoms with E-state index in [1.807, 2.05) is 0 Å². The van der Waals surface area contributed by atoms with Crippen LogP contribution in [0.4, 0.5) is 0 Å². The van der Waals surface area contributed by atoms with Crippen molar-refractivity contribution in [1.82, 2.24) is 0 Å². The molecule has 4 fully saturated rings. The van der Waals surface area contributed by atoms with Gasteiger partial charge in [-0.15, -0.1) is 0 Å². The molecule has 2 N–H and O–H groups in total. The molecule has 4 bridgehead atoms. The molecule has 0 aromatic heterocycles. The Morgan fingerprint density at radius 1 is 1.00 bits per heavy atom. The van der Waals surface area contributed by atoms with Crippen molar-refractivity contribution in [2.45, 2.75) is 64.3 Å². The van der Waals surface area contributed by atoms with Crippen molar-refractivity contribution in [1.29, 1.82) is 0 Å². The first-order valence-electron chi connectivity index (χ1n) is 8.74. The predicted molar refractivity (Wildman–Crippen MR) is 88.2 cm³/mol. The molecule has 0 saturated heterocycles. The SMILES string of the molecule is Cc1ccc(C2C3CC4CC(C3)CC2(C(C)(C)N)C4)cc1. The zero-order valence-electron chi connectivity index (χ0n) is 13.7. The molecule has 1 nitrogen and oxygen atoms in total. The summed E-state index contributed by atoms with van der Waals surface area (Å²) in [5.74, 6) is 3.46. The van der Waals surface area contributed by atoms with Crippen LogP contribution >= 0.6 is 0 Å². The van der Waals surface area contributed by atoms with Crippen LogP contribution in [0.2, 0.25) is 0 Å². The minimum absolute atomic E-state index is 0.0709. The first-order valence-corrected chi connectivity index (χ1v) is 8.74. The van der Waals surface area contributed by atoms with Crippen molar-refractivity contribution >= 4 is 0 Å². The first kappa shape index (κ1) is 13.8. The summed E-state index contributed by atoms with van der Waals surface area (Å²) in [4.78, 5) is 0. The smallest absolute Gasteiger partial charge is 0.0160 e. The summed E-state index contributed by atoms with van der Waals surface area (Å²) in [6.07, 6.45) is 7.11. The fourth-order valence-electron chi connectivity index (χ4n) is 6.33. The summed E-state index contributed by atoms with van der Waals surface area (Å²) in [5, 5.41) is 0. The van der Waals surface area contributed by atoms with E-state index in [0.717, 1.165) is 17.8 Å². The van der Waals surface area contributed by atoms with Gasteiger partial charge in [-0.05, 0) is 87.5 Å². The third kappa shape index (κ3) is 1.93. The van der Waals surface area contributed by atoms with E-state index in [-0.39, 0.29) is 5.54 Å². The van der Waals surface area contributed by atoms with Crippen LogP contribution in [0.3, 0.4) is 0 Å². The molecular weight excluding hydrogens is 254 g/mol. The first-order chi connectivity index (χ1) is 9.89. The fraction of sp³-hybridized carbons (Fsp3) is 0.700. The van der Waals surface area contributed by atoms with Crippen molar-refractivity contribution in [2.24, 2.45) is 28.9 Å². The van der Waals surface area contributed by atoms with Crippen molar-refractivity contribution in [3.8, 4) is 0 Å². The van der Waals surface area contributed by atoms with Crippen molar-refractivity contribution in [3.63, 3.8) is 0 Å². The van der Waals surface area contributed by atoms with Crippen molar-refractivity contribution in [2.75, 3.05) is 0 Å². The van der Waals surface area contributed by atoms with Crippen LogP contribution in [0.5, 0.6) is 0 Å². The molecule has 3 unspecified atom stereocenters. The van der Waals surface area contributed by atoms with E-state index in [1.165, 1.54) is 37.7 Å². The average Bonchev–Trinajstić information content (AvgIpc) is 2.38. The lowest BCUT2D eigenvalue weighted by Gasteiger charge is -2.66. The number of aryl methyl sites for hydroxylation is 1. The van der Waals surface area contributed by atoms with Gasteiger partial charge in [-0.1, -0.05) is 29.8 Å². The van der Waals surface area contributed by atoms with Gasteiger partial charge in [0.25, 0.3) is 0 Å². The highest BCUT2D eigenvalue weighted by molar-refractivity contribution is 5.31. The highest BCUT2D eigenvalue weighted by Crippen LogP contribution is 2.68. The van der Waals surface area contributed by atoms with Gasteiger partial charge in [0.15, 0.2) is 0 Å². The summed E-state index contributed by atoms with van der Waals surface area (Å²) in [6, 6.07) is 9.35. The number of benzene rings is 1. The third-order valence-electron chi connectivity index (χ3n) is 7.03. The van der Waals surface area contributed by atoms with Gasteiger partial charge in [0, 0.05) is 5.54 Å². The maximum atomic E-state index is 6.79. The Morgan fingerprint density at radius 2 is 1.57 bits per heavy atom. The number of nitrogens with two attached hydrogens (primary N) is 1. The molecule has 3 atom stereocenters. The van der Waals surface area contributed by atoms with Gasteiger partial charge in [0.05, 0.1) is 0 Å². The quantitative estimate of drug-likeness (QED) is 0.840. The summed E-state index contributed by atoms with van der Waals surface area (Å²) < 4.78 is 0. The van der Waals surface area contributed by atoms with Gasteiger partial charge >= 0.3 is 0 Å². The second-order valence-electron chi connectivity index (χ2n) is 8.87. The molecule has 4 aliphatic carbocycles. The van der Waals surface area contributed by atoms with Gasteiger partial charge in [0.1, 0.15) is 0 Å². The standard InChI is InChI=1S/C20H29N/c1-13-4-6-16(7-5-13)18-17-9-14-8-15(10-17)12-20(18,11-14)19(2,3)21/h4-7,14-15,17-18H,8-12,21H2,1-3H3. The van der Waals surface area contributed by atoms with E-state index >= 15 is 0 Å². The third-order valence-corrected chi connectivity index (χ3v) is 7.03. The molecule has 0 aliphatic heterocycles. The highest BCUT2D eigenvalue weighted by atomic mass is 14.8. The van der Waals surface area contributed by atoms with Gasteiger partial charge in [0.2, 0.25) is 0 Å². The summed E-state index contributed by atoms with van der Waals surface area (Å²) in [7, 11) is 0. The maximum Gasteiger partial charge on any atom is 0.0160 e. The lowest BCUT2D eigenvalue weighted by molar-refractivity contribution is -0.110. The monoisotopic (exact) mass is 283 g/mol. The van der Waals surface area contributed by atoms with Crippen molar-refractivity contribution < 1.29 is 0 Å². The number of hydrogen-bond donors (Lipinski definition) is 1. The van der Waals surface area contributed by atoms with E-state index in [1.54, 1.807) is 5.56 Å². The second-order valence-corrected chi connectivity index (χ2v) is 8.87. The summed E-state index contributed by atoms with van der Waals surface area (Å²) in [5.41, 5.74) is 9.97. The van der Waals surface area contributed by atoms with Crippen LogP contribution in [-0.2, 0) is 0 Å². The molecular formula is C20H29N. The molecule has 0 heterocycles. The fourth-order valence-corrected chi connectivity index (χ4v) is 6.33. The van der Waals surface area contributed by atoms with Crippen LogP contribution < -0.4 is 5.73 Å². The molecule has 0 radical (unpaired) electrons. The Morgan fingerprint density at radius 3 is 2.10 bits per heavy atom. The van der Waals surface area contributed by atoms with E-state index in [2.05, 4.69) is 45.0 Å². The molecule has 5 rings (SSSR count). The summed E-state index contributed by atoms with van der Waals surface area (Å²) >= 11 is 0. The van der Waals surface area contributed by atoms with E-state index in [4.69, 9.17) is 5.73 Å². The minimum atomic E-state index is -0.0709. The molecule has 0 spiro atoms. The molecule has 1 aromatic rings. The van der Waals surface area contributed by atoms with Crippen LogP contribution in [0, 0.1) is 30.1 Å². The Hall–Kier alpha value is -0.820. The molecule has 4 saturated carbocycles. The maximum absolute atomic E-state index is 6.79. The lowest BCUT2D eigenvalue weighted by Crippen LogP contribution is -2.63. The van der Waals surface area contributed by atoms with Crippen LogP contribution in [-0.4, -0.2) is 5.54 Å². The number of hydrogen-bond acceptors (Lipinski definition) is 1. The van der Waals surface area contributed by atoms with E-state index < -0.39 is 0 Å². The zero-order valence-corrected chi connectivity index (χ0v) is 13.7. The second kappa shape index (κ2) is 4.35. The van der Waals surface area contributed by atoms with Gasteiger partial charge in [-0.2, -0.15) is 0 Å². The van der Waals surface area contributed by atoms with Crippen molar-refractivity contribution in [3.05, 3.63) is 35.4 Å². The van der Waals surface area contributed by atoms with Gasteiger partial charge < -0.3 is 5.73 Å². The predicted octanol–water partition coefficient (Wildman–Crippen LogP) is 4.64. The molecule has 21 heavy (non-hydrogen) atoms. The van der Waals surface area contributed by atoms with Crippen LogP contribution in [0.25, 0.3) is 0 Å². The van der Waals surface area contributed by atoms with E-state index in [9.17, 15) is 0 Å². The molecule has 4 aliphatic rings. The largest absolute Gasteiger partial charge is 0.325 e. The van der Waals surface area contributed by atoms with Gasteiger partial charge in [-0.3, -0.25) is 0 Å². The Bertz CT molecular complexity index is 522. The number of rotatable bonds is 2. The molecule has 1 heteroatoms. The van der Waals surface area contributed by atoms with Gasteiger partial charge in [-0.25, -0.2) is 0 Å². The molecule has 1 aromatic carbocycles. The molecule has 114 valence electrons. The van der Waals surface area contributed by atoms with E-state index in [0.29, 0.717) is 11.3 Å². The summed E-state index contributed by atoms with van der Waals surface area (Å²) in [6.45, 7) is 6.77. The minimum Gasteiger partial charge on any atom is -0.325 e.